The van der Waals surface area contributed by atoms with Crippen LogP contribution in [0.5, 0.6) is 5.88 Å². The van der Waals surface area contributed by atoms with Gasteiger partial charge >= 0.3 is 0 Å². The van der Waals surface area contributed by atoms with Crippen LogP contribution in [0.1, 0.15) is 35.0 Å². The number of ether oxygens (including phenoxy) is 1. The molecule has 0 aromatic carbocycles. The van der Waals surface area contributed by atoms with E-state index in [4.69, 9.17) is 16.3 Å². The van der Waals surface area contributed by atoms with E-state index in [9.17, 15) is 9.59 Å². The molecule has 0 aliphatic heterocycles. The highest BCUT2D eigenvalue weighted by Crippen LogP contribution is 2.22. The molecule has 122 valence electrons. The van der Waals surface area contributed by atoms with Gasteiger partial charge in [0.15, 0.2) is 5.78 Å². The Kier molecular flexibility index (Phi) is 6.55. The zero-order chi connectivity index (χ0) is 16.7. The first-order chi connectivity index (χ1) is 11.1. The van der Waals surface area contributed by atoms with Crippen LogP contribution in [0.25, 0.3) is 0 Å². The van der Waals surface area contributed by atoms with Crippen molar-refractivity contribution in [2.24, 2.45) is 0 Å². The summed E-state index contributed by atoms with van der Waals surface area (Å²) in [6, 6.07) is 6.95. The predicted octanol–water partition coefficient (Wildman–Crippen LogP) is 3.47. The highest BCUT2D eigenvalue weighted by atomic mass is 35.5. The molecule has 5 nitrogen and oxygen atoms in total. The van der Waals surface area contributed by atoms with Crippen LogP contribution in [0.4, 0.5) is 0 Å². The highest BCUT2D eigenvalue weighted by Gasteiger charge is 2.11. The Morgan fingerprint density at radius 1 is 1.30 bits per heavy atom. The summed E-state index contributed by atoms with van der Waals surface area (Å²) in [5.41, 5.74) is 0.896. The molecule has 0 saturated carbocycles. The number of amides is 1. The van der Waals surface area contributed by atoms with Crippen LogP contribution in [0.3, 0.4) is 0 Å². The van der Waals surface area contributed by atoms with Crippen LogP contribution in [0.2, 0.25) is 4.34 Å². The maximum Gasteiger partial charge on any atom is 0.220 e. The minimum atomic E-state index is -0.171. The topological polar surface area (TPSA) is 68.3 Å². The van der Waals surface area contributed by atoms with E-state index in [1.165, 1.54) is 11.3 Å². The van der Waals surface area contributed by atoms with Crippen LogP contribution >= 0.6 is 22.9 Å². The number of rotatable bonds is 8. The van der Waals surface area contributed by atoms with Gasteiger partial charge in [-0.3, -0.25) is 9.59 Å². The molecule has 0 bridgehead atoms. The number of aromatic nitrogens is 1. The Hall–Kier alpha value is -1.92. The van der Waals surface area contributed by atoms with Gasteiger partial charge in [0.05, 0.1) is 15.8 Å². The largest absolute Gasteiger partial charge is 0.478 e. The third-order valence-electron chi connectivity index (χ3n) is 3.01. The molecule has 0 atom stereocenters. The minimum absolute atomic E-state index is 0.0698. The van der Waals surface area contributed by atoms with Gasteiger partial charge in [-0.05, 0) is 30.7 Å². The summed E-state index contributed by atoms with van der Waals surface area (Å²) in [5.74, 6) is 0.291. The summed E-state index contributed by atoms with van der Waals surface area (Å²) >= 11 is 7.02. The standard InChI is InChI=1S/C16H17ClN2O3S/c1-2-22-16-9-11(7-8-18-16)10-19-15(21)6-3-12(20)13-4-5-14(17)23-13/h4-5,7-9H,2-3,6,10H2,1H3,(H,19,21). The molecule has 0 aliphatic rings. The molecule has 2 rings (SSSR count). The summed E-state index contributed by atoms with van der Waals surface area (Å²) in [5, 5.41) is 2.78. The Bertz CT molecular complexity index is 687. The molecule has 7 heteroatoms. The van der Waals surface area contributed by atoms with Crippen molar-refractivity contribution in [3.8, 4) is 5.88 Å². The van der Waals surface area contributed by atoms with Gasteiger partial charge in [0.2, 0.25) is 11.8 Å². The Balaban J connectivity index is 1.76. The van der Waals surface area contributed by atoms with Crippen molar-refractivity contribution in [1.29, 1.82) is 0 Å². The number of Topliss-reactive ketones (excluding diaryl/α,β-unsaturated/α-hetero) is 1. The first kappa shape index (κ1) is 17.4. The van der Waals surface area contributed by atoms with Crippen LogP contribution in [-0.2, 0) is 11.3 Å². The molecular weight excluding hydrogens is 336 g/mol. The fourth-order valence-corrected chi connectivity index (χ4v) is 2.90. The van der Waals surface area contributed by atoms with E-state index in [2.05, 4.69) is 10.3 Å². The number of halogens is 1. The fourth-order valence-electron chi connectivity index (χ4n) is 1.89. The van der Waals surface area contributed by atoms with Gasteiger partial charge in [0.25, 0.3) is 0 Å². The molecule has 23 heavy (non-hydrogen) atoms. The maximum absolute atomic E-state index is 11.9. The van der Waals surface area contributed by atoms with Gasteiger partial charge in [-0.2, -0.15) is 0 Å². The van der Waals surface area contributed by atoms with E-state index >= 15 is 0 Å². The monoisotopic (exact) mass is 352 g/mol. The first-order valence-corrected chi connectivity index (χ1v) is 8.41. The first-order valence-electron chi connectivity index (χ1n) is 7.21. The van der Waals surface area contributed by atoms with E-state index in [1.54, 1.807) is 24.4 Å². The van der Waals surface area contributed by atoms with Crippen LogP contribution < -0.4 is 10.1 Å². The molecule has 1 amide bonds. The molecule has 2 aromatic heterocycles. The predicted molar refractivity (Wildman–Crippen MR) is 90.1 cm³/mol. The third kappa shape index (κ3) is 5.65. The second-order valence-corrected chi connectivity index (χ2v) is 6.45. The summed E-state index contributed by atoms with van der Waals surface area (Å²) in [7, 11) is 0. The smallest absolute Gasteiger partial charge is 0.220 e. The third-order valence-corrected chi connectivity index (χ3v) is 4.28. The number of hydrogen-bond donors (Lipinski definition) is 1. The van der Waals surface area contributed by atoms with E-state index in [1.807, 2.05) is 13.0 Å². The average Bonchev–Trinajstić information content (AvgIpc) is 2.98. The van der Waals surface area contributed by atoms with E-state index < -0.39 is 0 Å². The van der Waals surface area contributed by atoms with Crippen molar-refractivity contribution >= 4 is 34.6 Å². The Labute approximate surface area is 143 Å². The number of carbonyl (C=O) groups excluding carboxylic acids is 2. The quantitative estimate of drug-likeness (QED) is 0.738. The molecule has 0 radical (unpaired) electrons. The van der Waals surface area contributed by atoms with Crippen molar-refractivity contribution in [3.63, 3.8) is 0 Å². The molecule has 2 heterocycles. The Morgan fingerprint density at radius 3 is 2.83 bits per heavy atom. The van der Waals surface area contributed by atoms with Crippen LogP contribution in [0, 0.1) is 0 Å². The van der Waals surface area contributed by atoms with Gasteiger partial charge in [-0.15, -0.1) is 11.3 Å². The SMILES string of the molecule is CCOc1cc(CNC(=O)CCC(=O)c2ccc(Cl)s2)ccn1. The summed E-state index contributed by atoms with van der Waals surface area (Å²) in [6.45, 7) is 2.80. The molecular formula is C16H17ClN2O3S. The highest BCUT2D eigenvalue weighted by molar-refractivity contribution is 7.18. The number of pyridine rings is 1. The second kappa shape index (κ2) is 8.64. The minimum Gasteiger partial charge on any atom is -0.478 e. The van der Waals surface area contributed by atoms with E-state index in [0.29, 0.717) is 28.2 Å². The lowest BCUT2D eigenvalue weighted by atomic mass is 10.2. The van der Waals surface area contributed by atoms with Gasteiger partial charge in [0.1, 0.15) is 0 Å². The van der Waals surface area contributed by atoms with Crippen LogP contribution in [0.15, 0.2) is 30.5 Å². The van der Waals surface area contributed by atoms with Crippen LogP contribution in [-0.4, -0.2) is 23.3 Å². The van der Waals surface area contributed by atoms with Crippen molar-refractivity contribution < 1.29 is 14.3 Å². The summed E-state index contributed by atoms with van der Waals surface area (Å²) in [4.78, 5) is 28.4. The number of nitrogens with one attached hydrogen (secondary N) is 1. The van der Waals surface area contributed by atoms with Crippen molar-refractivity contribution in [2.45, 2.75) is 26.3 Å². The van der Waals surface area contributed by atoms with Gasteiger partial charge in [-0.1, -0.05) is 11.6 Å². The number of hydrogen-bond acceptors (Lipinski definition) is 5. The van der Waals surface area contributed by atoms with Crippen molar-refractivity contribution in [2.75, 3.05) is 6.61 Å². The zero-order valence-electron chi connectivity index (χ0n) is 12.7. The normalized spacial score (nSPS) is 10.3. The molecule has 0 fully saturated rings. The zero-order valence-corrected chi connectivity index (χ0v) is 14.2. The summed E-state index contributed by atoms with van der Waals surface area (Å²) in [6.07, 6.45) is 1.96. The lowest BCUT2D eigenvalue weighted by Crippen LogP contribution is -2.23. The maximum atomic E-state index is 11.9. The lowest BCUT2D eigenvalue weighted by Gasteiger charge is -2.07. The number of ketones is 1. The van der Waals surface area contributed by atoms with Crippen molar-refractivity contribution in [1.82, 2.24) is 10.3 Å². The van der Waals surface area contributed by atoms with Gasteiger partial charge < -0.3 is 10.1 Å². The average molecular weight is 353 g/mol. The van der Waals surface area contributed by atoms with E-state index in [0.717, 1.165) is 5.56 Å². The molecule has 0 saturated heterocycles. The fraction of sp³-hybridized carbons (Fsp3) is 0.312. The molecule has 1 N–H and O–H groups in total. The Morgan fingerprint density at radius 2 is 2.13 bits per heavy atom. The molecule has 0 spiro atoms. The summed E-state index contributed by atoms with van der Waals surface area (Å²) < 4.78 is 5.88. The molecule has 2 aromatic rings. The number of carbonyl (C=O) groups is 2. The van der Waals surface area contributed by atoms with Gasteiger partial charge in [-0.25, -0.2) is 4.98 Å². The lowest BCUT2D eigenvalue weighted by molar-refractivity contribution is -0.121. The molecule has 0 aliphatic carbocycles. The van der Waals surface area contributed by atoms with Gasteiger partial charge in [0, 0.05) is 31.6 Å². The second-order valence-electron chi connectivity index (χ2n) is 4.74. The number of thiophene rings is 1. The van der Waals surface area contributed by atoms with Crippen molar-refractivity contribution in [3.05, 3.63) is 45.2 Å². The van der Waals surface area contributed by atoms with E-state index in [-0.39, 0.29) is 24.5 Å². The molecule has 0 unspecified atom stereocenters. The number of nitrogens with zero attached hydrogens (tertiary/aromatic N) is 1.